The summed E-state index contributed by atoms with van der Waals surface area (Å²) in [6.07, 6.45) is 6.07. The van der Waals surface area contributed by atoms with E-state index in [4.69, 9.17) is 9.72 Å². The molecule has 0 radical (unpaired) electrons. The number of hydrogen-bond acceptors (Lipinski definition) is 5. The molecule has 0 unspecified atom stereocenters. The number of nitrogens with zero attached hydrogens (tertiary/aromatic N) is 3. The summed E-state index contributed by atoms with van der Waals surface area (Å²) < 4.78 is 33.5. The Morgan fingerprint density at radius 1 is 1.26 bits per heavy atom. The predicted octanol–water partition coefficient (Wildman–Crippen LogP) is 6.19. The molecule has 31 heavy (non-hydrogen) atoms. The normalized spacial score (nSPS) is 15.5. The summed E-state index contributed by atoms with van der Waals surface area (Å²) in [5.41, 5.74) is 3.28. The summed E-state index contributed by atoms with van der Waals surface area (Å²) in [7, 11) is 0. The van der Waals surface area contributed by atoms with Gasteiger partial charge >= 0.3 is 6.55 Å². The van der Waals surface area contributed by atoms with Crippen molar-refractivity contribution in [1.29, 1.82) is 0 Å². The fraction of sp³-hybridized carbons (Fsp3) is 0.522. The van der Waals surface area contributed by atoms with Crippen LogP contribution in [0.25, 0.3) is 21.3 Å². The Morgan fingerprint density at radius 3 is 2.58 bits per heavy atom. The van der Waals surface area contributed by atoms with E-state index >= 15 is 0 Å². The largest absolute Gasteiger partial charge is 0.360 e. The van der Waals surface area contributed by atoms with Gasteiger partial charge in [-0.1, -0.05) is 0 Å². The van der Waals surface area contributed by atoms with Crippen molar-refractivity contribution in [2.45, 2.75) is 78.6 Å². The van der Waals surface area contributed by atoms with Crippen molar-refractivity contribution < 1.29 is 18.3 Å². The molecule has 3 aromatic heterocycles. The van der Waals surface area contributed by atoms with Crippen LogP contribution in [0.3, 0.4) is 0 Å². The maximum absolute atomic E-state index is 13.3. The molecule has 3 heterocycles. The van der Waals surface area contributed by atoms with E-state index in [1.807, 2.05) is 27.7 Å². The average Bonchev–Trinajstić information content (AvgIpc) is 3.29. The lowest BCUT2D eigenvalue weighted by molar-refractivity contribution is -0.138. The van der Waals surface area contributed by atoms with Gasteiger partial charge in [-0.05, 0) is 65.9 Å². The van der Waals surface area contributed by atoms with Crippen LogP contribution in [0.2, 0.25) is 0 Å². The molecule has 3 aromatic rings. The molecule has 0 spiro atoms. The molecule has 5 nitrogen and oxygen atoms in total. The van der Waals surface area contributed by atoms with Crippen LogP contribution in [0, 0.1) is 6.92 Å². The highest BCUT2D eigenvalue weighted by atomic mass is 32.1. The van der Waals surface area contributed by atoms with Gasteiger partial charge in [0.1, 0.15) is 10.9 Å². The highest BCUT2D eigenvalue weighted by Crippen LogP contribution is 2.45. The topological polar surface area (TPSA) is 57.0 Å². The first-order chi connectivity index (χ1) is 14.6. The number of pyridine rings is 1. The minimum Gasteiger partial charge on any atom is -0.360 e. The molecule has 0 N–H and O–H groups in total. The molecule has 1 aliphatic rings. The number of carbonyl (C=O) groups is 1. The van der Waals surface area contributed by atoms with Gasteiger partial charge in [0.2, 0.25) is 0 Å². The molecule has 0 amide bonds. The van der Waals surface area contributed by atoms with E-state index in [9.17, 15) is 13.6 Å². The van der Waals surface area contributed by atoms with Crippen LogP contribution < -0.4 is 0 Å². The van der Waals surface area contributed by atoms with Crippen molar-refractivity contribution in [3.8, 4) is 11.1 Å². The minimum absolute atomic E-state index is 0.147. The van der Waals surface area contributed by atoms with E-state index in [1.54, 1.807) is 11.3 Å². The third-order valence-electron chi connectivity index (χ3n) is 5.52. The van der Waals surface area contributed by atoms with Gasteiger partial charge in [-0.2, -0.15) is 13.9 Å². The zero-order valence-electron chi connectivity index (χ0n) is 18.5. The summed E-state index contributed by atoms with van der Waals surface area (Å²) >= 11 is 1.67. The first-order valence-corrected chi connectivity index (χ1v) is 11.3. The second kappa shape index (κ2) is 8.06. The lowest BCUT2D eigenvalue weighted by atomic mass is 9.88. The van der Waals surface area contributed by atoms with Crippen LogP contribution in [0.1, 0.15) is 74.9 Å². The zero-order chi connectivity index (χ0) is 22.5. The van der Waals surface area contributed by atoms with Gasteiger partial charge in [0, 0.05) is 38.8 Å². The Hall–Kier alpha value is -2.19. The molecule has 1 atom stereocenters. The van der Waals surface area contributed by atoms with Gasteiger partial charge in [0.25, 0.3) is 0 Å². The molecular weight excluding hydrogens is 420 g/mol. The fourth-order valence-corrected chi connectivity index (χ4v) is 5.63. The van der Waals surface area contributed by atoms with Crippen LogP contribution >= 0.6 is 11.3 Å². The molecule has 0 saturated heterocycles. The summed E-state index contributed by atoms with van der Waals surface area (Å²) in [6.45, 7) is 6.30. The Labute approximate surface area is 184 Å². The first kappa shape index (κ1) is 22.0. The maximum Gasteiger partial charge on any atom is 0.333 e. The highest BCUT2D eigenvalue weighted by Gasteiger charge is 2.32. The molecule has 0 fully saturated rings. The number of rotatable bonds is 5. The van der Waals surface area contributed by atoms with Crippen LogP contribution in [0.4, 0.5) is 8.78 Å². The quantitative estimate of drug-likeness (QED) is 0.468. The number of hydrogen-bond donors (Lipinski definition) is 0. The fourth-order valence-electron chi connectivity index (χ4n) is 4.31. The summed E-state index contributed by atoms with van der Waals surface area (Å²) in [4.78, 5) is 19.8. The van der Waals surface area contributed by atoms with Crippen molar-refractivity contribution in [1.82, 2.24) is 14.8 Å². The van der Waals surface area contributed by atoms with E-state index in [0.29, 0.717) is 21.5 Å². The highest BCUT2D eigenvalue weighted by molar-refractivity contribution is 7.19. The molecule has 0 aromatic carbocycles. The van der Waals surface area contributed by atoms with Gasteiger partial charge in [0.15, 0.2) is 5.78 Å². The first-order valence-electron chi connectivity index (χ1n) is 10.5. The molecule has 1 aliphatic carbocycles. The van der Waals surface area contributed by atoms with Crippen LogP contribution in [-0.2, 0) is 22.4 Å². The molecule has 0 aliphatic heterocycles. The van der Waals surface area contributed by atoms with E-state index < -0.39 is 18.3 Å². The van der Waals surface area contributed by atoms with Crippen molar-refractivity contribution in [2.75, 3.05) is 0 Å². The number of ketones is 1. The van der Waals surface area contributed by atoms with Gasteiger partial charge in [-0.3, -0.25) is 4.79 Å². The Balaban J connectivity index is 2.06. The van der Waals surface area contributed by atoms with Gasteiger partial charge in [-0.25, -0.2) is 9.67 Å². The van der Waals surface area contributed by atoms with Crippen molar-refractivity contribution >= 4 is 27.3 Å². The number of carbonyl (C=O) groups excluding carboxylic acids is 1. The molecule has 166 valence electrons. The molecule has 0 bridgehead atoms. The molecule has 0 saturated carbocycles. The van der Waals surface area contributed by atoms with Crippen LogP contribution in [-0.4, -0.2) is 26.1 Å². The Bertz CT molecular complexity index is 1140. The van der Waals surface area contributed by atoms with E-state index in [-0.39, 0.29) is 5.78 Å². The minimum atomic E-state index is -2.73. The second-order valence-electron chi connectivity index (χ2n) is 9.08. The Morgan fingerprint density at radius 2 is 1.97 bits per heavy atom. The lowest BCUT2D eigenvalue weighted by Gasteiger charge is -2.28. The van der Waals surface area contributed by atoms with Crippen LogP contribution in [0.5, 0.6) is 0 Å². The number of ether oxygens (including phenoxy) is 1. The van der Waals surface area contributed by atoms with Gasteiger partial charge < -0.3 is 4.74 Å². The third kappa shape index (κ3) is 4.15. The smallest absolute Gasteiger partial charge is 0.333 e. The average molecular weight is 448 g/mol. The lowest BCUT2D eigenvalue weighted by Crippen LogP contribution is -2.27. The number of halogens is 2. The molecule has 8 heteroatoms. The van der Waals surface area contributed by atoms with Crippen molar-refractivity contribution in [3.05, 3.63) is 34.1 Å². The van der Waals surface area contributed by atoms with Crippen molar-refractivity contribution in [3.63, 3.8) is 0 Å². The van der Waals surface area contributed by atoms with Gasteiger partial charge in [0.05, 0.1) is 11.8 Å². The zero-order valence-corrected chi connectivity index (χ0v) is 19.3. The maximum atomic E-state index is 13.3. The summed E-state index contributed by atoms with van der Waals surface area (Å²) in [5.74, 6) is -0.147. The number of fused-ring (bicyclic) bond motifs is 3. The number of aryl methyl sites for hydroxylation is 3. The third-order valence-corrected chi connectivity index (χ3v) is 6.71. The summed E-state index contributed by atoms with van der Waals surface area (Å²) in [5, 5.41) is 4.83. The van der Waals surface area contributed by atoms with Crippen LogP contribution in [0.15, 0.2) is 12.4 Å². The number of Topliss-reactive ketones (excluding diaryl/α,β-unsaturated/α-hetero) is 1. The number of alkyl halides is 2. The van der Waals surface area contributed by atoms with Gasteiger partial charge in [-0.15, -0.1) is 11.3 Å². The molecule has 4 rings (SSSR count). The van der Waals surface area contributed by atoms with Crippen molar-refractivity contribution in [2.24, 2.45) is 0 Å². The number of thiophene rings is 1. The van der Waals surface area contributed by atoms with E-state index in [2.05, 4.69) is 5.10 Å². The second-order valence-corrected chi connectivity index (χ2v) is 10.2. The standard InChI is InChI=1S/C23H27F2N3O2S/c1-12-17(20(13(2)29)30-23(3,4)5)18(14-10-26-28(11-14)22(24)25)19-15-8-6-7-9-16(15)31-21(19)27-12/h10-11,20,22H,6-9H2,1-5H3/t20-/m1/s1. The Kier molecular flexibility index (Phi) is 5.72. The van der Waals surface area contributed by atoms with E-state index in [0.717, 1.165) is 41.5 Å². The predicted molar refractivity (Wildman–Crippen MR) is 118 cm³/mol. The monoisotopic (exact) mass is 447 g/mol. The van der Waals surface area contributed by atoms with E-state index in [1.165, 1.54) is 29.8 Å². The molecular formula is C23H27F2N3O2S. The SMILES string of the molecule is CC(=O)[C@@H](OC(C)(C)C)c1c(C)nc2sc3c(c2c1-c1cnn(C(F)F)c1)CCCC3. The summed E-state index contributed by atoms with van der Waals surface area (Å²) in [6, 6.07) is 0. The number of aromatic nitrogens is 3.